The summed E-state index contributed by atoms with van der Waals surface area (Å²) in [6.45, 7) is 2.87. The van der Waals surface area contributed by atoms with E-state index in [-0.39, 0.29) is 6.04 Å². The molecule has 0 amide bonds. The molecule has 1 aromatic rings. The summed E-state index contributed by atoms with van der Waals surface area (Å²) in [5.41, 5.74) is 6.99. The first kappa shape index (κ1) is 11.6. The number of hydrogen-bond acceptors (Lipinski definition) is 4. The molecule has 4 heteroatoms. The Balaban J connectivity index is 2.49. The molecule has 0 aliphatic rings. The van der Waals surface area contributed by atoms with Crippen molar-refractivity contribution >= 4 is 11.3 Å². The van der Waals surface area contributed by atoms with Crippen LogP contribution in [0.4, 0.5) is 0 Å². The van der Waals surface area contributed by atoms with Gasteiger partial charge in [-0.15, -0.1) is 11.3 Å². The summed E-state index contributed by atoms with van der Waals surface area (Å²) in [4.78, 5) is 4.48. The Bertz CT molecular complexity index is 262. The quantitative estimate of drug-likeness (QED) is 0.789. The first-order valence-electron chi connectivity index (χ1n) is 4.96. The first-order valence-corrected chi connectivity index (χ1v) is 5.84. The maximum Gasteiger partial charge on any atom is 0.0951 e. The second-order valence-corrected chi connectivity index (χ2v) is 4.25. The van der Waals surface area contributed by atoms with Crippen molar-refractivity contribution in [3.63, 3.8) is 0 Å². The molecular formula is C10H18N2OS. The van der Waals surface area contributed by atoms with E-state index in [1.165, 1.54) is 0 Å². The Hall–Kier alpha value is -0.450. The van der Waals surface area contributed by atoms with Gasteiger partial charge < -0.3 is 10.5 Å². The van der Waals surface area contributed by atoms with Crippen molar-refractivity contribution in [3.8, 4) is 0 Å². The monoisotopic (exact) mass is 214 g/mol. The Kier molecular flexibility index (Phi) is 5.07. The summed E-state index contributed by atoms with van der Waals surface area (Å²) in [7, 11) is 1.71. The number of hydrogen-bond donors (Lipinski definition) is 1. The molecule has 0 radical (unpaired) electrons. The van der Waals surface area contributed by atoms with Crippen LogP contribution in [0.25, 0.3) is 0 Å². The van der Waals surface area contributed by atoms with Crippen LogP contribution in [-0.2, 0) is 11.2 Å². The van der Waals surface area contributed by atoms with E-state index in [0.29, 0.717) is 0 Å². The first-order chi connectivity index (χ1) is 6.77. The molecule has 1 rings (SSSR count). The molecular weight excluding hydrogens is 196 g/mol. The fourth-order valence-corrected chi connectivity index (χ4v) is 2.10. The van der Waals surface area contributed by atoms with E-state index >= 15 is 0 Å². The number of methoxy groups -OCH3 is 1. The van der Waals surface area contributed by atoms with Crippen molar-refractivity contribution in [2.24, 2.45) is 5.73 Å². The van der Waals surface area contributed by atoms with Crippen LogP contribution >= 0.6 is 11.3 Å². The molecule has 0 bridgehead atoms. The van der Waals surface area contributed by atoms with E-state index in [1.807, 2.05) is 0 Å². The predicted molar refractivity (Wildman–Crippen MR) is 59.5 cm³/mol. The molecule has 1 atom stereocenters. The van der Waals surface area contributed by atoms with Gasteiger partial charge in [0, 0.05) is 25.0 Å². The number of thiazole rings is 1. The molecule has 0 spiro atoms. The molecule has 0 aliphatic heterocycles. The van der Waals surface area contributed by atoms with E-state index in [4.69, 9.17) is 10.5 Å². The van der Waals surface area contributed by atoms with Gasteiger partial charge in [0.2, 0.25) is 0 Å². The minimum Gasteiger partial charge on any atom is -0.384 e. The summed E-state index contributed by atoms with van der Waals surface area (Å²) in [5.74, 6) is 0. The highest BCUT2D eigenvalue weighted by atomic mass is 32.1. The molecule has 1 unspecified atom stereocenters. The second-order valence-electron chi connectivity index (χ2n) is 3.30. The van der Waals surface area contributed by atoms with Crippen molar-refractivity contribution < 1.29 is 4.74 Å². The second kappa shape index (κ2) is 6.11. The van der Waals surface area contributed by atoms with Crippen LogP contribution in [0.1, 0.15) is 36.5 Å². The minimum absolute atomic E-state index is 0.104. The smallest absolute Gasteiger partial charge is 0.0951 e. The lowest BCUT2D eigenvalue weighted by Crippen LogP contribution is -2.10. The zero-order chi connectivity index (χ0) is 10.4. The third kappa shape index (κ3) is 3.36. The molecule has 0 aromatic carbocycles. The lowest BCUT2D eigenvalue weighted by Gasteiger charge is -2.05. The van der Waals surface area contributed by atoms with Crippen LogP contribution < -0.4 is 5.73 Å². The van der Waals surface area contributed by atoms with Crippen molar-refractivity contribution in [2.75, 3.05) is 13.7 Å². The zero-order valence-electron chi connectivity index (χ0n) is 8.82. The Labute approximate surface area is 89.3 Å². The summed E-state index contributed by atoms with van der Waals surface area (Å²) >= 11 is 1.67. The molecule has 0 fully saturated rings. The average Bonchev–Trinajstić information content (AvgIpc) is 2.63. The topological polar surface area (TPSA) is 48.1 Å². The zero-order valence-corrected chi connectivity index (χ0v) is 9.64. The van der Waals surface area contributed by atoms with E-state index in [1.54, 1.807) is 18.4 Å². The van der Waals surface area contributed by atoms with E-state index in [9.17, 15) is 0 Å². The van der Waals surface area contributed by atoms with Gasteiger partial charge in [0.15, 0.2) is 0 Å². The molecule has 0 aliphatic carbocycles. The maximum atomic E-state index is 5.96. The van der Waals surface area contributed by atoms with Crippen molar-refractivity contribution in [3.05, 3.63) is 16.1 Å². The van der Waals surface area contributed by atoms with Crippen LogP contribution in [0.2, 0.25) is 0 Å². The normalized spacial score (nSPS) is 13.1. The van der Waals surface area contributed by atoms with E-state index < -0.39 is 0 Å². The molecule has 0 saturated heterocycles. The third-order valence-electron chi connectivity index (χ3n) is 2.07. The largest absolute Gasteiger partial charge is 0.384 e. The van der Waals surface area contributed by atoms with Crippen LogP contribution in [0, 0.1) is 0 Å². The Morgan fingerprint density at radius 2 is 2.43 bits per heavy atom. The van der Waals surface area contributed by atoms with Crippen LogP contribution in [-0.4, -0.2) is 18.7 Å². The number of nitrogens with two attached hydrogens (primary N) is 1. The molecule has 1 heterocycles. The van der Waals surface area contributed by atoms with Crippen molar-refractivity contribution in [2.45, 2.75) is 32.2 Å². The minimum atomic E-state index is 0.104. The molecule has 1 aromatic heterocycles. The van der Waals surface area contributed by atoms with Crippen LogP contribution in [0.15, 0.2) is 5.38 Å². The number of ether oxygens (including phenoxy) is 1. The highest BCUT2D eigenvalue weighted by molar-refractivity contribution is 7.09. The van der Waals surface area contributed by atoms with Crippen molar-refractivity contribution in [1.82, 2.24) is 4.98 Å². The summed E-state index contributed by atoms with van der Waals surface area (Å²) in [6, 6.07) is 0.104. The molecule has 0 saturated carbocycles. The van der Waals surface area contributed by atoms with E-state index in [2.05, 4.69) is 17.3 Å². The number of aromatic nitrogens is 1. The molecule has 80 valence electrons. The van der Waals surface area contributed by atoms with Gasteiger partial charge in [0.05, 0.1) is 17.3 Å². The highest BCUT2D eigenvalue weighted by Crippen LogP contribution is 2.18. The van der Waals surface area contributed by atoms with Gasteiger partial charge in [-0.1, -0.05) is 13.3 Å². The standard InChI is InChI=1S/C10H18N2OS/c1-3-4-8(11)9-7-14-10(12-9)5-6-13-2/h7-8H,3-6,11H2,1-2H3. The van der Waals surface area contributed by atoms with Gasteiger partial charge >= 0.3 is 0 Å². The highest BCUT2D eigenvalue weighted by Gasteiger charge is 2.09. The van der Waals surface area contributed by atoms with Gasteiger partial charge in [0.25, 0.3) is 0 Å². The van der Waals surface area contributed by atoms with Crippen LogP contribution in [0.3, 0.4) is 0 Å². The summed E-state index contributed by atoms with van der Waals surface area (Å²) in [5, 5.41) is 3.18. The van der Waals surface area contributed by atoms with Gasteiger partial charge in [-0.05, 0) is 6.42 Å². The molecule has 3 nitrogen and oxygen atoms in total. The van der Waals surface area contributed by atoms with Gasteiger partial charge in [0.1, 0.15) is 0 Å². The van der Waals surface area contributed by atoms with Crippen LogP contribution in [0.5, 0.6) is 0 Å². The number of nitrogens with zero attached hydrogens (tertiary/aromatic N) is 1. The fraction of sp³-hybridized carbons (Fsp3) is 0.700. The average molecular weight is 214 g/mol. The Morgan fingerprint density at radius 3 is 3.07 bits per heavy atom. The van der Waals surface area contributed by atoms with Gasteiger partial charge in [-0.3, -0.25) is 0 Å². The third-order valence-corrected chi connectivity index (χ3v) is 3.00. The lowest BCUT2D eigenvalue weighted by molar-refractivity contribution is 0.202. The summed E-state index contributed by atoms with van der Waals surface area (Å²) in [6.07, 6.45) is 3.00. The van der Waals surface area contributed by atoms with Crippen molar-refractivity contribution in [1.29, 1.82) is 0 Å². The Morgan fingerprint density at radius 1 is 1.64 bits per heavy atom. The fourth-order valence-electron chi connectivity index (χ4n) is 1.26. The van der Waals surface area contributed by atoms with E-state index in [0.717, 1.165) is 36.6 Å². The molecule has 2 N–H and O–H groups in total. The maximum absolute atomic E-state index is 5.96. The number of rotatable bonds is 6. The SMILES string of the molecule is CCCC(N)c1csc(CCOC)n1. The lowest BCUT2D eigenvalue weighted by atomic mass is 10.1. The predicted octanol–water partition coefficient (Wildman–Crippen LogP) is 2.13. The summed E-state index contributed by atoms with van der Waals surface area (Å²) < 4.78 is 5.00. The van der Waals surface area contributed by atoms with Gasteiger partial charge in [-0.2, -0.15) is 0 Å². The van der Waals surface area contributed by atoms with Gasteiger partial charge in [-0.25, -0.2) is 4.98 Å². The molecule has 14 heavy (non-hydrogen) atoms.